The molecule has 8 nitrogen and oxygen atoms in total. The molecule has 0 spiro atoms. The molecule has 11 heteroatoms. The largest absolute Gasteiger partial charge is 0.491 e. The summed E-state index contributed by atoms with van der Waals surface area (Å²) in [6.45, 7) is 4.51. The average Bonchev–Trinajstić information content (AvgIpc) is 3.20. The number of rotatable bonds is 12. The first kappa shape index (κ1) is 28.1. The Morgan fingerprint density at radius 2 is 1.71 bits per heavy atom. The van der Waals surface area contributed by atoms with Crippen LogP contribution in [0, 0.1) is 3.70 Å². The molecular weight excluding hydrogens is 653 g/mol. The molecular formula is C24H28BrClIN3O5. The van der Waals surface area contributed by atoms with Gasteiger partial charge in [-0.25, -0.2) is 4.68 Å². The summed E-state index contributed by atoms with van der Waals surface area (Å²) in [7, 11) is 0. The maximum absolute atomic E-state index is 10.3. The lowest BCUT2D eigenvalue weighted by Crippen LogP contribution is -2.25. The maximum atomic E-state index is 10.3. The van der Waals surface area contributed by atoms with Gasteiger partial charge in [-0.2, -0.15) is 0 Å². The average molecular weight is 681 g/mol. The quantitative estimate of drug-likeness (QED) is 0.197. The first-order valence-corrected chi connectivity index (χ1v) is 13.3. The molecule has 35 heavy (non-hydrogen) atoms. The van der Waals surface area contributed by atoms with E-state index in [-0.39, 0.29) is 37.7 Å². The fourth-order valence-electron chi connectivity index (χ4n) is 3.37. The molecule has 0 saturated carbocycles. The number of aliphatic hydroxyl groups is 3. The molecule has 0 radical (unpaired) electrons. The summed E-state index contributed by atoms with van der Waals surface area (Å²) < 4.78 is 14.4. The minimum Gasteiger partial charge on any atom is -0.491 e. The van der Waals surface area contributed by atoms with Crippen LogP contribution < -0.4 is 9.47 Å². The van der Waals surface area contributed by atoms with Crippen LogP contribution in [-0.4, -0.2) is 61.6 Å². The van der Waals surface area contributed by atoms with Crippen molar-refractivity contribution in [3.05, 3.63) is 67.5 Å². The van der Waals surface area contributed by atoms with E-state index in [0.29, 0.717) is 20.9 Å². The number of hydrogen-bond acceptors (Lipinski definition) is 7. The van der Waals surface area contributed by atoms with E-state index in [1.807, 2.05) is 65.1 Å². The standard InChI is InChI=1S/C24H28BrClIN3O5/c1-24(2,16-5-8-22(20(25)9-16)35-13-17(32)10-26)15-3-6-19(7-4-15)34-14-18(33)11-30-23(27)21(12-31)28-29-30/h3-9,17-18,31-33H,10-14H2,1-2H3/t17-,18-/m1/s1. The fraction of sp³-hybridized carbons (Fsp3) is 0.417. The summed E-state index contributed by atoms with van der Waals surface area (Å²) in [5.41, 5.74) is 2.38. The Balaban J connectivity index is 1.60. The number of aliphatic hydroxyl groups excluding tert-OH is 3. The van der Waals surface area contributed by atoms with Gasteiger partial charge in [-0.05, 0) is 73.9 Å². The van der Waals surface area contributed by atoms with Crippen molar-refractivity contribution in [2.45, 2.75) is 44.6 Å². The Morgan fingerprint density at radius 1 is 1.06 bits per heavy atom. The van der Waals surface area contributed by atoms with Crippen molar-refractivity contribution in [3.63, 3.8) is 0 Å². The summed E-state index contributed by atoms with van der Waals surface area (Å²) in [6, 6.07) is 13.7. The Hall–Kier alpha value is -1.44. The molecule has 3 aromatic rings. The molecule has 0 aliphatic carbocycles. The number of halogens is 3. The lowest BCUT2D eigenvalue weighted by Gasteiger charge is -2.27. The number of nitrogens with zero attached hydrogens (tertiary/aromatic N) is 3. The van der Waals surface area contributed by atoms with Crippen LogP contribution in [0.3, 0.4) is 0 Å². The molecule has 190 valence electrons. The van der Waals surface area contributed by atoms with Gasteiger partial charge >= 0.3 is 0 Å². The van der Waals surface area contributed by atoms with Crippen LogP contribution in [0.1, 0.15) is 30.7 Å². The first-order chi connectivity index (χ1) is 16.6. The lowest BCUT2D eigenvalue weighted by molar-refractivity contribution is 0.0881. The van der Waals surface area contributed by atoms with E-state index in [4.69, 9.17) is 21.1 Å². The normalized spacial score (nSPS) is 13.5. The molecule has 3 rings (SSSR count). The van der Waals surface area contributed by atoms with Gasteiger partial charge in [0.1, 0.15) is 46.3 Å². The van der Waals surface area contributed by atoms with Crippen LogP contribution in [-0.2, 0) is 18.6 Å². The molecule has 0 bridgehead atoms. The van der Waals surface area contributed by atoms with Gasteiger partial charge in [0.05, 0.1) is 23.5 Å². The van der Waals surface area contributed by atoms with E-state index in [1.54, 1.807) is 4.68 Å². The zero-order valence-electron chi connectivity index (χ0n) is 19.4. The van der Waals surface area contributed by atoms with Crippen molar-refractivity contribution < 1.29 is 24.8 Å². The van der Waals surface area contributed by atoms with E-state index < -0.39 is 12.2 Å². The molecule has 1 heterocycles. The van der Waals surface area contributed by atoms with Crippen molar-refractivity contribution >= 4 is 50.1 Å². The van der Waals surface area contributed by atoms with Crippen molar-refractivity contribution in [2.75, 3.05) is 19.1 Å². The third-order valence-corrected chi connectivity index (χ3v) is 7.71. The van der Waals surface area contributed by atoms with Gasteiger partial charge in [0.2, 0.25) is 0 Å². The Morgan fingerprint density at radius 3 is 2.31 bits per heavy atom. The SMILES string of the molecule is CC(C)(c1ccc(OC[C@H](O)Cn2nnc(CO)c2I)cc1)c1ccc(OC[C@H](O)CCl)c(Br)c1. The Labute approximate surface area is 231 Å². The number of aromatic nitrogens is 3. The summed E-state index contributed by atoms with van der Waals surface area (Å²) in [5, 5.41) is 37.0. The van der Waals surface area contributed by atoms with Gasteiger partial charge in [0.15, 0.2) is 0 Å². The molecule has 1 aromatic heterocycles. The summed E-state index contributed by atoms with van der Waals surface area (Å²) >= 11 is 11.2. The van der Waals surface area contributed by atoms with Gasteiger partial charge in [-0.15, -0.1) is 16.7 Å². The second-order valence-electron chi connectivity index (χ2n) is 8.55. The summed E-state index contributed by atoms with van der Waals surface area (Å²) in [5.74, 6) is 1.41. The summed E-state index contributed by atoms with van der Waals surface area (Å²) in [4.78, 5) is 0. The smallest absolute Gasteiger partial charge is 0.133 e. The monoisotopic (exact) mass is 679 g/mol. The number of ether oxygens (including phenoxy) is 2. The third kappa shape index (κ3) is 7.30. The van der Waals surface area contributed by atoms with E-state index in [1.165, 1.54) is 0 Å². The highest BCUT2D eigenvalue weighted by molar-refractivity contribution is 14.1. The predicted molar refractivity (Wildman–Crippen MR) is 145 cm³/mol. The van der Waals surface area contributed by atoms with Crippen LogP contribution in [0.25, 0.3) is 0 Å². The topological polar surface area (TPSA) is 110 Å². The molecule has 0 saturated heterocycles. The highest BCUT2D eigenvalue weighted by atomic mass is 127. The highest BCUT2D eigenvalue weighted by Crippen LogP contribution is 2.36. The Bertz CT molecular complexity index is 1110. The van der Waals surface area contributed by atoms with Crippen LogP contribution in [0.15, 0.2) is 46.9 Å². The van der Waals surface area contributed by atoms with Gasteiger partial charge < -0.3 is 24.8 Å². The van der Waals surface area contributed by atoms with E-state index in [9.17, 15) is 15.3 Å². The molecule has 2 atom stereocenters. The number of benzene rings is 2. The number of hydrogen-bond donors (Lipinski definition) is 3. The van der Waals surface area contributed by atoms with E-state index in [2.05, 4.69) is 40.1 Å². The second-order valence-corrected chi connectivity index (χ2v) is 10.7. The van der Waals surface area contributed by atoms with Crippen LogP contribution in [0.5, 0.6) is 11.5 Å². The predicted octanol–water partition coefficient (Wildman–Crippen LogP) is 3.88. The van der Waals surface area contributed by atoms with Crippen LogP contribution >= 0.6 is 50.1 Å². The third-order valence-electron chi connectivity index (χ3n) is 5.55. The molecule has 0 aliphatic heterocycles. The molecule has 0 aliphatic rings. The van der Waals surface area contributed by atoms with E-state index in [0.717, 1.165) is 15.6 Å². The Kier molecular flexibility index (Phi) is 10.2. The van der Waals surface area contributed by atoms with Crippen LogP contribution in [0.2, 0.25) is 0 Å². The lowest BCUT2D eigenvalue weighted by atomic mass is 9.78. The van der Waals surface area contributed by atoms with Crippen LogP contribution in [0.4, 0.5) is 0 Å². The second kappa shape index (κ2) is 12.7. The van der Waals surface area contributed by atoms with Crippen molar-refractivity contribution in [3.8, 4) is 11.5 Å². The summed E-state index contributed by atoms with van der Waals surface area (Å²) in [6.07, 6.45) is -1.50. The number of alkyl halides is 1. The van der Waals surface area contributed by atoms with E-state index >= 15 is 0 Å². The molecule has 0 unspecified atom stereocenters. The highest BCUT2D eigenvalue weighted by Gasteiger charge is 2.24. The fourth-order valence-corrected chi connectivity index (χ4v) is 4.52. The first-order valence-electron chi connectivity index (χ1n) is 10.9. The minimum absolute atomic E-state index is 0.0972. The zero-order chi connectivity index (χ0) is 25.6. The molecule has 2 aromatic carbocycles. The zero-order valence-corrected chi connectivity index (χ0v) is 23.9. The van der Waals surface area contributed by atoms with Gasteiger partial charge in [0, 0.05) is 5.41 Å². The van der Waals surface area contributed by atoms with Gasteiger partial charge in [-0.3, -0.25) is 0 Å². The molecule has 3 N–H and O–H groups in total. The van der Waals surface area contributed by atoms with Crippen molar-refractivity contribution in [1.82, 2.24) is 15.0 Å². The minimum atomic E-state index is -0.781. The van der Waals surface area contributed by atoms with Gasteiger partial charge in [-0.1, -0.05) is 37.3 Å². The van der Waals surface area contributed by atoms with Crippen molar-refractivity contribution in [1.29, 1.82) is 0 Å². The van der Waals surface area contributed by atoms with Gasteiger partial charge in [0.25, 0.3) is 0 Å². The maximum Gasteiger partial charge on any atom is 0.133 e. The molecule has 0 fully saturated rings. The van der Waals surface area contributed by atoms with Crippen molar-refractivity contribution in [2.24, 2.45) is 0 Å². The molecule has 0 amide bonds.